The van der Waals surface area contributed by atoms with E-state index in [1.165, 1.54) is 35.2 Å². The largest absolute Gasteiger partial charge is 0.508 e. The minimum absolute atomic E-state index is 0.0474. The fourth-order valence-corrected chi connectivity index (χ4v) is 9.72. The van der Waals surface area contributed by atoms with Crippen LogP contribution >= 0.6 is 11.6 Å². The van der Waals surface area contributed by atoms with E-state index in [9.17, 15) is 29.6 Å². The summed E-state index contributed by atoms with van der Waals surface area (Å²) in [5.74, 6) is -5.07. The molecule has 11 nitrogen and oxygen atoms in total. The van der Waals surface area contributed by atoms with Gasteiger partial charge >= 0.3 is 0 Å². The van der Waals surface area contributed by atoms with Crippen LogP contribution in [-0.4, -0.2) is 33.7 Å². The van der Waals surface area contributed by atoms with Crippen molar-refractivity contribution in [1.82, 2.24) is 0 Å². The van der Waals surface area contributed by atoms with Gasteiger partial charge in [-0.25, -0.2) is 4.90 Å². The molecular formula is C41H30ClN3O8. The fraction of sp³-hybridized carbons (Fsp3) is 0.220. The Hall–Kier alpha value is -6.07. The van der Waals surface area contributed by atoms with E-state index in [4.69, 9.17) is 16.3 Å². The summed E-state index contributed by atoms with van der Waals surface area (Å²) in [4.78, 5) is 72.0. The summed E-state index contributed by atoms with van der Waals surface area (Å²) in [6.07, 6.45) is 4.18. The van der Waals surface area contributed by atoms with Crippen molar-refractivity contribution in [1.29, 1.82) is 0 Å². The van der Waals surface area contributed by atoms with Gasteiger partial charge in [0.25, 0.3) is 5.69 Å². The summed E-state index contributed by atoms with van der Waals surface area (Å²) in [5.41, 5.74) is 1.69. The molecule has 0 aromatic heterocycles. The van der Waals surface area contributed by atoms with E-state index in [1.54, 1.807) is 42.7 Å². The van der Waals surface area contributed by atoms with Gasteiger partial charge in [-0.2, -0.15) is 0 Å². The number of carbonyl (C=O) groups is 4. The summed E-state index contributed by atoms with van der Waals surface area (Å²) in [7, 11) is 0. The number of halogens is 1. The Kier molecular flexibility index (Phi) is 7.42. The Morgan fingerprint density at radius 2 is 1.60 bits per heavy atom. The van der Waals surface area contributed by atoms with E-state index >= 15 is 4.79 Å². The molecule has 0 radical (unpaired) electrons. The van der Waals surface area contributed by atoms with Crippen LogP contribution in [0.25, 0.3) is 0 Å². The van der Waals surface area contributed by atoms with Crippen molar-refractivity contribution in [2.45, 2.75) is 24.7 Å². The molecule has 3 heterocycles. The molecule has 3 aliphatic heterocycles. The Balaban J connectivity index is 1.23. The van der Waals surface area contributed by atoms with Crippen LogP contribution in [0, 0.1) is 39.7 Å². The number of hydrogen-bond donors (Lipinski definition) is 1. The third kappa shape index (κ3) is 4.73. The number of rotatable bonds is 5. The van der Waals surface area contributed by atoms with E-state index in [1.807, 2.05) is 36.4 Å². The predicted octanol–water partition coefficient (Wildman–Crippen LogP) is 6.67. The molecule has 5 aliphatic rings. The standard InChI is InChI=1S/C41H30ClN3O8/c42-25-7-4-8-28(19-25)44-38(48)33-20-32-30(14-15-31-35(32)39(49)43(37(31)47)26-9-11-27(12-10-26)45(51)52)36(41(33,40(44)50)24-5-2-1-3-6-24)23-17-22-18-29(46)13-16-34(22)53-21-23/h1-14,16,18-19,21,31-33,35-36,46H,15,17,20H2/t31-,32+,33-,35-,36-,41+/m0/s1. The molecule has 0 spiro atoms. The Bertz CT molecular complexity index is 2340. The number of benzene rings is 4. The lowest BCUT2D eigenvalue weighted by Gasteiger charge is -2.51. The highest BCUT2D eigenvalue weighted by atomic mass is 35.5. The minimum Gasteiger partial charge on any atom is -0.508 e. The Morgan fingerprint density at radius 1 is 0.830 bits per heavy atom. The molecule has 4 aromatic carbocycles. The zero-order valence-electron chi connectivity index (χ0n) is 27.9. The molecule has 6 atom stereocenters. The molecule has 1 saturated carbocycles. The normalized spacial score (nSPS) is 27.3. The summed E-state index contributed by atoms with van der Waals surface area (Å²) < 4.78 is 6.16. The number of non-ortho nitro benzene ring substituents is 1. The first-order chi connectivity index (χ1) is 25.6. The van der Waals surface area contributed by atoms with Crippen LogP contribution < -0.4 is 14.5 Å². The van der Waals surface area contributed by atoms with E-state index < -0.39 is 63.6 Å². The average Bonchev–Trinajstić information content (AvgIpc) is 3.55. The van der Waals surface area contributed by atoms with Crippen molar-refractivity contribution in [2.75, 3.05) is 9.80 Å². The van der Waals surface area contributed by atoms with Crippen LogP contribution in [0.3, 0.4) is 0 Å². The van der Waals surface area contributed by atoms with Crippen LogP contribution in [0.15, 0.2) is 121 Å². The highest BCUT2D eigenvalue weighted by Gasteiger charge is 2.70. The Morgan fingerprint density at radius 3 is 2.34 bits per heavy atom. The molecule has 264 valence electrons. The van der Waals surface area contributed by atoms with Crippen LogP contribution in [0.1, 0.15) is 24.0 Å². The van der Waals surface area contributed by atoms with Gasteiger partial charge in [-0.05, 0) is 78.4 Å². The first kappa shape index (κ1) is 32.8. The molecule has 4 aromatic rings. The number of phenolic OH excluding ortho intramolecular Hbond substituents is 1. The number of ether oxygens (including phenoxy) is 1. The number of phenols is 1. The van der Waals surface area contributed by atoms with Crippen molar-refractivity contribution in [3.8, 4) is 11.5 Å². The van der Waals surface area contributed by atoms with Crippen LogP contribution in [-0.2, 0) is 31.0 Å². The molecule has 0 bridgehead atoms. The molecule has 1 N–H and O–H groups in total. The topological polar surface area (TPSA) is 147 Å². The molecule has 12 heteroatoms. The number of nitrogens with zero attached hydrogens (tertiary/aromatic N) is 3. The van der Waals surface area contributed by atoms with Crippen molar-refractivity contribution in [3.63, 3.8) is 0 Å². The number of amides is 4. The molecule has 3 fully saturated rings. The quantitative estimate of drug-likeness (QED) is 0.104. The maximum absolute atomic E-state index is 15.4. The summed E-state index contributed by atoms with van der Waals surface area (Å²) >= 11 is 6.40. The second kappa shape index (κ2) is 12.0. The maximum Gasteiger partial charge on any atom is 0.269 e. The van der Waals surface area contributed by atoms with E-state index in [0.29, 0.717) is 33.2 Å². The number of carbonyl (C=O) groups excluding carboxylic acids is 4. The molecule has 2 aliphatic carbocycles. The lowest BCUT2D eigenvalue weighted by atomic mass is 9.48. The van der Waals surface area contributed by atoms with Gasteiger partial charge in [-0.3, -0.25) is 34.2 Å². The number of nitro benzene ring substituents is 1. The molecular weight excluding hydrogens is 698 g/mol. The van der Waals surface area contributed by atoms with Gasteiger partial charge in [-0.15, -0.1) is 0 Å². The molecule has 9 rings (SSSR count). The van der Waals surface area contributed by atoms with Gasteiger partial charge in [0.15, 0.2) is 0 Å². The monoisotopic (exact) mass is 727 g/mol. The van der Waals surface area contributed by atoms with Crippen LogP contribution in [0.4, 0.5) is 17.1 Å². The van der Waals surface area contributed by atoms with Gasteiger partial charge in [0.05, 0.1) is 45.7 Å². The minimum atomic E-state index is -1.47. The highest BCUT2D eigenvalue weighted by Crippen LogP contribution is 2.64. The number of nitro groups is 1. The van der Waals surface area contributed by atoms with Crippen molar-refractivity contribution in [3.05, 3.63) is 147 Å². The highest BCUT2D eigenvalue weighted by molar-refractivity contribution is 6.32. The second-order valence-corrected chi connectivity index (χ2v) is 14.6. The molecule has 4 amide bonds. The van der Waals surface area contributed by atoms with Gasteiger partial charge < -0.3 is 9.84 Å². The van der Waals surface area contributed by atoms with E-state index in [-0.39, 0.29) is 36.4 Å². The molecule has 0 unspecified atom stereocenters. The summed E-state index contributed by atoms with van der Waals surface area (Å²) in [5, 5.41) is 22.1. The van der Waals surface area contributed by atoms with Crippen molar-refractivity contribution < 1.29 is 33.9 Å². The Labute approximate surface area is 307 Å². The third-order valence-corrected chi connectivity index (χ3v) is 11.9. The van der Waals surface area contributed by atoms with Crippen LogP contribution in [0.5, 0.6) is 11.5 Å². The van der Waals surface area contributed by atoms with E-state index in [0.717, 1.165) is 10.5 Å². The lowest BCUT2D eigenvalue weighted by Crippen LogP contribution is -2.55. The molecule has 2 saturated heterocycles. The number of imide groups is 2. The second-order valence-electron chi connectivity index (χ2n) is 14.2. The summed E-state index contributed by atoms with van der Waals surface area (Å²) in [6.45, 7) is 0. The zero-order valence-corrected chi connectivity index (χ0v) is 28.7. The van der Waals surface area contributed by atoms with Gasteiger partial charge in [0, 0.05) is 35.1 Å². The number of fused-ring (bicyclic) bond motifs is 5. The van der Waals surface area contributed by atoms with Crippen LogP contribution in [0.2, 0.25) is 5.02 Å². The smallest absolute Gasteiger partial charge is 0.269 e. The zero-order chi connectivity index (χ0) is 36.8. The number of aromatic hydroxyl groups is 1. The van der Waals surface area contributed by atoms with Crippen molar-refractivity contribution >= 4 is 52.3 Å². The van der Waals surface area contributed by atoms with Gasteiger partial charge in [0.2, 0.25) is 23.6 Å². The number of hydrogen-bond acceptors (Lipinski definition) is 8. The van der Waals surface area contributed by atoms with Gasteiger partial charge in [-0.1, -0.05) is 59.6 Å². The number of anilines is 2. The average molecular weight is 728 g/mol. The number of allylic oxidation sites excluding steroid dienone is 3. The first-order valence-corrected chi connectivity index (χ1v) is 17.7. The fourth-order valence-electron chi connectivity index (χ4n) is 9.54. The SMILES string of the molecule is O=C1[C@H]2[C@H](CC=C3[C@H](C4=COc5ccc(O)cc5C4)[C@]4(c5ccccc5)C(=O)N(c5cccc(Cl)c5)C(=O)[C@@H]4C[C@H]32)C(=O)N1c1ccc([N+](=O)[O-])cc1. The lowest BCUT2D eigenvalue weighted by molar-refractivity contribution is -0.384. The van der Waals surface area contributed by atoms with Gasteiger partial charge in [0.1, 0.15) is 11.5 Å². The molecule has 53 heavy (non-hydrogen) atoms. The third-order valence-electron chi connectivity index (χ3n) is 11.6. The summed E-state index contributed by atoms with van der Waals surface area (Å²) in [6, 6.07) is 25.9. The first-order valence-electron chi connectivity index (χ1n) is 17.3. The van der Waals surface area contributed by atoms with Crippen molar-refractivity contribution in [2.24, 2.45) is 29.6 Å². The maximum atomic E-state index is 15.4. The van der Waals surface area contributed by atoms with E-state index in [2.05, 4.69) is 0 Å². The predicted molar refractivity (Wildman–Crippen MR) is 193 cm³/mol.